The van der Waals surface area contributed by atoms with Gasteiger partial charge in [0.2, 0.25) is 10.0 Å². The highest BCUT2D eigenvalue weighted by atomic mass is 32.2. The Labute approximate surface area is 135 Å². The van der Waals surface area contributed by atoms with Gasteiger partial charge in [-0.1, -0.05) is 12.1 Å². The highest BCUT2D eigenvalue weighted by Crippen LogP contribution is 2.24. The van der Waals surface area contributed by atoms with E-state index in [2.05, 4.69) is 21.9 Å². The summed E-state index contributed by atoms with van der Waals surface area (Å²) in [5.41, 5.74) is 0.927. The van der Waals surface area contributed by atoms with Gasteiger partial charge in [-0.05, 0) is 45.5 Å². The van der Waals surface area contributed by atoms with E-state index < -0.39 is 10.0 Å². The van der Waals surface area contributed by atoms with Crippen LogP contribution >= 0.6 is 11.3 Å². The predicted octanol–water partition coefficient (Wildman–Crippen LogP) is 2.77. The minimum absolute atomic E-state index is 0.0196. The summed E-state index contributed by atoms with van der Waals surface area (Å²) in [5.74, 6) is 0. The number of aromatic nitrogens is 1. The van der Waals surface area contributed by atoms with E-state index in [9.17, 15) is 8.42 Å². The van der Waals surface area contributed by atoms with Crippen molar-refractivity contribution >= 4 is 21.4 Å². The average Bonchev–Trinajstić information content (AvgIpc) is 2.94. The number of hydrogen-bond acceptors (Lipinski definition) is 5. The molecule has 0 saturated heterocycles. The first-order chi connectivity index (χ1) is 10.3. The highest BCUT2D eigenvalue weighted by Gasteiger charge is 2.16. The standard InChI is InChI=1S/C15H21N3O2S2/c1-10-9-17-15(21-10)12(3)18-11(2)13-6-5-7-14(8-13)22(19,20)16-4/h5-9,11-12,16,18H,1-4H3. The summed E-state index contributed by atoms with van der Waals surface area (Å²) in [7, 11) is -2.01. The number of nitrogens with zero attached hydrogens (tertiary/aromatic N) is 1. The number of thiazole rings is 1. The Balaban J connectivity index is 2.16. The molecule has 0 aliphatic rings. The number of rotatable bonds is 6. The van der Waals surface area contributed by atoms with Crippen molar-refractivity contribution in [2.24, 2.45) is 0 Å². The Bertz CT molecular complexity index is 741. The molecule has 0 amide bonds. The molecule has 7 heteroatoms. The molecule has 2 N–H and O–H groups in total. The Hall–Kier alpha value is -1.28. The fourth-order valence-corrected chi connectivity index (χ4v) is 3.75. The van der Waals surface area contributed by atoms with E-state index in [1.54, 1.807) is 29.5 Å². The predicted molar refractivity (Wildman–Crippen MR) is 89.5 cm³/mol. The molecule has 1 heterocycles. The van der Waals surface area contributed by atoms with Crippen LogP contribution in [-0.2, 0) is 10.0 Å². The molecular formula is C15H21N3O2S2. The highest BCUT2D eigenvalue weighted by molar-refractivity contribution is 7.89. The van der Waals surface area contributed by atoms with E-state index in [0.717, 1.165) is 10.6 Å². The zero-order chi connectivity index (χ0) is 16.3. The van der Waals surface area contributed by atoms with Crippen LogP contribution in [0.2, 0.25) is 0 Å². The quantitative estimate of drug-likeness (QED) is 0.849. The van der Waals surface area contributed by atoms with Gasteiger partial charge in [0.25, 0.3) is 0 Å². The van der Waals surface area contributed by atoms with Gasteiger partial charge >= 0.3 is 0 Å². The fourth-order valence-electron chi connectivity index (χ4n) is 2.18. The Morgan fingerprint density at radius 2 is 1.95 bits per heavy atom. The lowest BCUT2D eigenvalue weighted by molar-refractivity contribution is 0.492. The van der Waals surface area contributed by atoms with Crippen LogP contribution in [0, 0.1) is 6.92 Å². The van der Waals surface area contributed by atoms with Crippen molar-refractivity contribution in [1.82, 2.24) is 15.0 Å². The molecule has 5 nitrogen and oxygen atoms in total. The van der Waals surface area contributed by atoms with Gasteiger partial charge in [0.15, 0.2) is 0 Å². The lowest BCUT2D eigenvalue weighted by Crippen LogP contribution is -2.23. The van der Waals surface area contributed by atoms with Crippen molar-refractivity contribution in [2.75, 3.05) is 7.05 Å². The third-order valence-corrected chi connectivity index (χ3v) is 5.95. The molecule has 120 valence electrons. The number of sulfonamides is 1. The first kappa shape index (κ1) is 17.1. The van der Waals surface area contributed by atoms with Crippen molar-refractivity contribution in [1.29, 1.82) is 0 Å². The minimum atomic E-state index is -3.42. The topological polar surface area (TPSA) is 71.1 Å². The summed E-state index contributed by atoms with van der Waals surface area (Å²) in [6.45, 7) is 6.11. The Morgan fingerprint density at radius 3 is 2.55 bits per heavy atom. The molecule has 0 spiro atoms. The van der Waals surface area contributed by atoms with Gasteiger partial charge < -0.3 is 5.32 Å². The smallest absolute Gasteiger partial charge is 0.240 e. The third kappa shape index (κ3) is 3.92. The summed E-state index contributed by atoms with van der Waals surface area (Å²) >= 11 is 1.66. The maximum absolute atomic E-state index is 11.9. The van der Waals surface area contributed by atoms with Gasteiger partial charge in [0.05, 0.1) is 10.9 Å². The van der Waals surface area contributed by atoms with Gasteiger partial charge in [-0.15, -0.1) is 11.3 Å². The second kappa shape index (κ2) is 6.87. The van der Waals surface area contributed by atoms with Crippen LogP contribution in [0.25, 0.3) is 0 Å². The van der Waals surface area contributed by atoms with E-state index in [1.807, 2.05) is 26.1 Å². The first-order valence-electron chi connectivity index (χ1n) is 7.05. The number of benzene rings is 1. The van der Waals surface area contributed by atoms with Crippen LogP contribution in [0.15, 0.2) is 35.4 Å². The molecule has 1 aromatic heterocycles. The molecule has 0 aliphatic carbocycles. The summed E-state index contributed by atoms with van der Waals surface area (Å²) in [5, 5.41) is 4.49. The lowest BCUT2D eigenvalue weighted by Gasteiger charge is -2.19. The normalized spacial score (nSPS) is 14.7. The summed E-state index contributed by atoms with van der Waals surface area (Å²) in [6.07, 6.45) is 1.86. The van der Waals surface area contributed by atoms with Crippen LogP contribution < -0.4 is 10.0 Å². The monoisotopic (exact) mass is 339 g/mol. The number of nitrogens with one attached hydrogen (secondary N) is 2. The Morgan fingerprint density at radius 1 is 1.23 bits per heavy atom. The van der Waals surface area contributed by atoms with Gasteiger partial charge in [-0.2, -0.15) is 0 Å². The lowest BCUT2D eigenvalue weighted by atomic mass is 10.1. The van der Waals surface area contributed by atoms with Crippen molar-refractivity contribution < 1.29 is 8.42 Å². The van der Waals surface area contributed by atoms with Crippen LogP contribution in [-0.4, -0.2) is 20.4 Å². The van der Waals surface area contributed by atoms with E-state index in [0.29, 0.717) is 0 Å². The van der Waals surface area contributed by atoms with E-state index in [-0.39, 0.29) is 17.0 Å². The molecule has 2 rings (SSSR count). The van der Waals surface area contributed by atoms with Crippen LogP contribution in [0.4, 0.5) is 0 Å². The zero-order valence-corrected chi connectivity index (χ0v) is 14.8. The molecule has 22 heavy (non-hydrogen) atoms. The average molecular weight is 339 g/mol. The zero-order valence-electron chi connectivity index (χ0n) is 13.1. The molecule has 1 aromatic carbocycles. The van der Waals surface area contributed by atoms with Gasteiger partial charge in [-0.25, -0.2) is 18.1 Å². The van der Waals surface area contributed by atoms with Crippen molar-refractivity contribution in [2.45, 2.75) is 37.8 Å². The molecule has 0 fully saturated rings. The van der Waals surface area contributed by atoms with Crippen molar-refractivity contribution in [3.63, 3.8) is 0 Å². The SMILES string of the molecule is CNS(=O)(=O)c1cccc(C(C)NC(C)c2ncc(C)s2)c1. The van der Waals surface area contributed by atoms with Crippen LogP contribution in [0.1, 0.15) is 41.4 Å². The molecule has 2 aromatic rings. The molecule has 0 aliphatic heterocycles. The maximum Gasteiger partial charge on any atom is 0.240 e. The van der Waals surface area contributed by atoms with Crippen LogP contribution in [0.3, 0.4) is 0 Å². The van der Waals surface area contributed by atoms with Gasteiger partial charge in [0, 0.05) is 17.1 Å². The van der Waals surface area contributed by atoms with Gasteiger partial charge in [0.1, 0.15) is 5.01 Å². The molecule has 0 bridgehead atoms. The minimum Gasteiger partial charge on any atom is -0.302 e. The van der Waals surface area contributed by atoms with E-state index >= 15 is 0 Å². The van der Waals surface area contributed by atoms with Crippen molar-refractivity contribution in [3.8, 4) is 0 Å². The Kier molecular flexibility index (Phi) is 5.33. The fraction of sp³-hybridized carbons (Fsp3) is 0.400. The maximum atomic E-state index is 11.9. The van der Waals surface area contributed by atoms with E-state index in [4.69, 9.17) is 0 Å². The second-order valence-corrected chi connectivity index (χ2v) is 8.35. The number of hydrogen-bond donors (Lipinski definition) is 2. The third-order valence-electron chi connectivity index (χ3n) is 3.45. The molecule has 2 atom stereocenters. The van der Waals surface area contributed by atoms with Gasteiger partial charge in [-0.3, -0.25) is 0 Å². The summed E-state index contributed by atoms with van der Waals surface area (Å²) in [6, 6.07) is 7.10. The molecule has 2 unspecified atom stereocenters. The first-order valence-corrected chi connectivity index (χ1v) is 9.35. The molecule has 0 radical (unpaired) electrons. The summed E-state index contributed by atoms with van der Waals surface area (Å²) in [4.78, 5) is 5.84. The van der Waals surface area contributed by atoms with Crippen molar-refractivity contribution in [3.05, 3.63) is 45.9 Å². The number of aryl methyl sites for hydroxylation is 1. The largest absolute Gasteiger partial charge is 0.302 e. The summed E-state index contributed by atoms with van der Waals surface area (Å²) < 4.78 is 26.1. The van der Waals surface area contributed by atoms with E-state index in [1.165, 1.54) is 11.9 Å². The second-order valence-electron chi connectivity index (χ2n) is 5.20. The molecular weight excluding hydrogens is 318 g/mol. The van der Waals surface area contributed by atoms with Crippen LogP contribution in [0.5, 0.6) is 0 Å². The molecule has 0 saturated carbocycles.